The van der Waals surface area contributed by atoms with Crippen LogP contribution < -0.4 is 18.6 Å². The fraction of sp³-hybridized carbons (Fsp3) is 0.200. The van der Waals surface area contributed by atoms with Crippen LogP contribution in [-0.4, -0.2) is 40.2 Å². The van der Waals surface area contributed by atoms with Gasteiger partial charge in [-0.15, -0.1) is 0 Å². The van der Waals surface area contributed by atoms with Crippen LogP contribution in [0.1, 0.15) is 17.3 Å². The third-order valence-corrected chi connectivity index (χ3v) is 8.39. The minimum Gasteiger partial charge on any atom is -0.497 e. The number of amides is 1. The van der Waals surface area contributed by atoms with Gasteiger partial charge >= 0.3 is 0 Å². The zero-order chi connectivity index (χ0) is 25.2. The summed E-state index contributed by atoms with van der Waals surface area (Å²) in [7, 11) is 0.885. The molecule has 10 heteroatoms. The average Bonchev–Trinajstić information content (AvgIpc) is 3.24. The van der Waals surface area contributed by atoms with E-state index in [1.165, 1.54) is 47.0 Å². The zero-order valence-corrected chi connectivity index (χ0v) is 21.4. The predicted octanol–water partition coefficient (Wildman–Crippen LogP) is 4.31. The van der Waals surface area contributed by atoms with Crippen molar-refractivity contribution in [2.75, 3.05) is 25.6 Å². The third kappa shape index (κ3) is 4.67. The molecule has 0 bridgehead atoms. The normalized spacial score (nSPS) is 12.1. The summed E-state index contributed by atoms with van der Waals surface area (Å²) >= 11 is 1.35. The Morgan fingerprint density at radius 2 is 1.71 bits per heavy atom. The Morgan fingerprint density at radius 3 is 2.31 bits per heavy atom. The molecule has 35 heavy (non-hydrogen) atoms. The van der Waals surface area contributed by atoms with Gasteiger partial charge in [-0.05, 0) is 49.4 Å². The fourth-order valence-electron chi connectivity index (χ4n) is 3.66. The SMILES string of the molecule is CCn1c(=NC(=O)c2ccc(S(=O)(=O)N(C)c3ccccc3)cc2)sc2cc(OC)cc(OC)c21. The number of fused-ring (bicyclic) bond motifs is 1. The van der Waals surface area contributed by atoms with Gasteiger partial charge in [0.1, 0.15) is 17.0 Å². The van der Waals surface area contributed by atoms with Gasteiger partial charge < -0.3 is 14.0 Å². The fourth-order valence-corrected chi connectivity index (χ4v) is 5.99. The molecule has 1 amide bonds. The highest BCUT2D eigenvalue weighted by Gasteiger charge is 2.21. The number of carbonyl (C=O) groups excluding carboxylic acids is 1. The van der Waals surface area contributed by atoms with Crippen LogP contribution >= 0.6 is 11.3 Å². The lowest BCUT2D eigenvalue weighted by atomic mass is 10.2. The molecule has 4 aromatic rings. The number of carbonyl (C=O) groups is 1. The van der Waals surface area contributed by atoms with E-state index >= 15 is 0 Å². The third-order valence-electron chi connectivity index (χ3n) is 5.56. The van der Waals surface area contributed by atoms with Crippen LogP contribution in [-0.2, 0) is 16.6 Å². The van der Waals surface area contributed by atoms with Crippen molar-refractivity contribution in [3.63, 3.8) is 0 Å². The van der Waals surface area contributed by atoms with Crippen molar-refractivity contribution in [3.05, 3.63) is 77.1 Å². The minimum atomic E-state index is -3.77. The quantitative estimate of drug-likeness (QED) is 0.369. The van der Waals surface area contributed by atoms with Gasteiger partial charge in [-0.3, -0.25) is 9.10 Å². The number of sulfonamides is 1. The monoisotopic (exact) mass is 511 g/mol. The molecule has 3 aromatic carbocycles. The number of anilines is 1. The maximum absolute atomic E-state index is 13.0. The second-order valence-electron chi connectivity index (χ2n) is 7.55. The molecule has 0 saturated heterocycles. The van der Waals surface area contributed by atoms with Crippen LogP contribution in [0, 0.1) is 0 Å². The van der Waals surface area contributed by atoms with E-state index in [1.807, 2.05) is 23.6 Å². The maximum Gasteiger partial charge on any atom is 0.279 e. The van der Waals surface area contributed by atoms with Gasteiger partial charge in [-0.1, -0.05) is 29.5 Å². The van der Waals surface area contributed by atoms with E-state index < -0.39 is 15.9 Å². The summed E-state index contributed by atoms with van der Waals surface area (Å²) in [5.74, 6) is 0.808. The first kappa shape index (κ1) is 24.5. The summed E-state index contributed by atoms with van der Waals surface area (Å²) in [6, 6.07) is 18.3. The van der Waals surface area contributed by atoms with Crippen molar-refractivity contribution in [2.24, 2.45) is 4.99 Å². The van der Waals surface area contributed by atoms with Crippen LogP contribution in [0.15, 0.2) is 76.6 Å². The molecule has 0 unspecified atom stereocenters. The number of nitrogens with zero attached hydrogens (tertiary/aromatic N) is 3. The molecule has 0 N–H and O–H groups in total. The lowest BCUT2D eigenvalue weighted by Crippen LogP contribution is -2.26. The van der Waals surface area contributed by atoms with Gasteiger partial charge in [0.15, 0.2) is 4.80 Å². The van der Waals surface area contributed by atoms with Gasteiger partial charge in [0.25, 0.3) is 15.9 Å². The summed E-state index contributed by atoms with van der Waals surface area (Å²) < 4.78 is 40.9. The highest BCUT2D eigenvalue weighted by molar-refractivity contribution is 7.92. The molecule has 0 spiro atoms. The van der Waals surface area contributed by atoms with Crippen LogP contribution in [0.4, 0.5) is 5.69 Å². The van der Waals surface area contributed by atoms with E-state index in [4.69, 9.17) is 9.47 Å². The minimum absolute atomic E-state index is 0.0859. The van der Waals surface area contributed by atoms with Gasteiger partial charge in [-0.2, -0.15) is 4.99 Å². The molecule has 0 aliphatic rings. The summed E-state index contributed by atoms with van der Waals surface area (Å²) in [5, 5.41) is 0. The molecule has 0 fully saturated rings. The van der Waals surface area contributed by atoms with Gasteiger partial charge in [0.05, 0.1) is 29.5 Å². The maximum atomic E-state index is 13.0. The molecule has 4 rings (SSSR count). The highest BCUT2D eigenvalue weighted by atomic mass is 32.2. The standard InChI is InChI=1S/C25H25N3O5S2/c1-5-28-23-21(33-4)15-19(32-3)16-22(23)34-25(28)26-24(29)17-11-13-20(14-12-17)35(30,31)27(2)18-9-7-6-8-10-18/h6-16H,5H2,1-4H3. The Balaban J connectivity index is 1.69. The molecule has 0 aliphatic carbocycles. The van der Waals surface area contributed by atoms with E-state index in [2.05, 4.69) is 4.99 Å². The van der Waals surface area contributed by atoms with E-state index in [-0.39, 0.29) is 10.5 Å². The molecule has 0 saturated carbocycles. The lowest BCUT2D eigenvalue weighted by Gasteiger charge is -2.19. The largest absolute Gasteiger partial charge is 0.497 e. The van der Waals surface area contributed by atoms with Crippen molar-refractivity contribution in [2.45, 2.75) is 18.4 Å². The molecular formula is C25H25N3O5S2. The molecule has 0 atom stereocenters. The smallest absolute Gasteiger partial charge is 0.279 e. The van der Waals surface area contributed by atoms with Crippen molar-refractivity contribution < 1.29 is 22.7 Å². The second-order valence-corrected chi connectivity index (χ2v) is 10.5. The molecule has 1 heterocycles. The molecular weight excluding hydrogens is 486 g/mol. The topological polar surface area (TPSA) is 90.2 Å². The van der Waals surface area contributed by atoms with E-state index in [1.54, 1.807) is 44.6 Å². The summed E-state index contributed by atoms with van der Waals surface area (Å²) in [4.78, 5) is 17.9. The number of rotatable bonds is 7. The molecule has 0 aliphatic heterocycles. The molecule has 1 aromatic heterocycles. The number of methoxy groups -OCH3 is 2. The summed E-state index contributed by atoms with van der Waals surface area (Å²) in [5.41, 5.74) is 1.66. The number of ether oxygens (including phenoxy) is 2. The first-order valence-electron chi connectivity index (χ1n) is 10.8. The van der Waals surface area contributed by atoms with Crippen molar-refractivity contribution in [3.8, 4) is 11.5 Å². The van der Waals surface area contributed by atoms with Crippen LogP contribution in [0.3, 0.4) is 0 Å². The Bertz CT molecular complexity index is 1540. The van der Waals surface area contributed by atoms with Crippen molar-refractivity contribution in [1.82, 2.24) is 4.57 Å². The van der Waals surface area contributed by atoms with Crippen LogP contribution in [0.5, 0.6) is 11.5 Å². The Kier molecular flexibility index (Phi) is 6.95. The zero-order valence-electron chi connectivity index (χ0n) is 19.8. The second kappa shape index (κ2) is 9.93. The first-order valence-corrected chi connectivity index (χ1v) is 13.0. The molecule has 0 radical (unpaired) electrons. The van der Waals surface area contributed by atoms with Gasteiger partial charge in [0, 0.05) is 25.2 Å². The number of hydrogen-bond donors (Lipinski definition) is 0. The van der Waals surface area contributed by atoms with E-state index in [0.717, 1.165) is 10.2 Å². The number of para-hydroxylation sites is 1. The number of aromatic nitrogens is 1. The molecule has 8 nitrogen and oxygen atoms in total. The Morgan fingerprint density at radius 1 is 1.03 bits per heavy atom. The summed E-state index contributed by atoms with van der Waals surface area (Å²) in [6.45, 7) is 2.54. The number of benzene rings is 3. The number of aryl methyl sites for hydroxylation is 1. The average molecular weight is 512 g/mol. The van der Waals surface area contributed by atoms with Crippen LogP contribution in [0.25, 0.3) is 10.2 Å². The Hall–Kier alpha value is -3.63. The van der Waals surface area contributed by atoms with Crippen LogP contribution in [0.2, 0.25) is 0 Å². The first-order chi connectivity index (χ1) is 16.8. The van der Waals surface area contributed by atoms with Gasteiger partial charge in [0.2, 0.25) is 0 Å². The predicted molar refractivity (Wildman–Crippen MR) is 137 cm³/mol. The van der Waals surface area contributed by atoms with Crippen molar-refractivity contribution in [1.29, 1.82) is 0 Å². The lowest BCUT2D eigenvalue weighted by molar-refractivity contribution is 0.0997. The van der Waals surface area contributed by atoms with Crippen molar-refractivity contribution >= 4 is 43.2 Å². The summed E-state index contributed by atoms with van der Waals surface area (Å²) in [6.07, 6.45) is 0. The van der Waals surface area contributed by atoms with Gasteiger partial charge in [-0.25, -0.2) is 8.42 Å². The number of thiazole rings is 1. The highest BCUT2D eigenvalue weighted by Crippen LogP contribution is 2.32. The van der Waals surface area contributed by atoms with E-state index in [9.17, 15) is 13.2 Å². The van der Waals surface area contributed by atoms with E-state index in [0.29, 0.717) is 28.5 Å². The number of hydrogen-bond acceptors (Lipinski definition) is 6. The molecule has 182 valence electrons. The Labute approximate surface area is 207 Å².